The van der Waals surface area contributed by atoms with E-state index in [9.17, 15) is 19.2 Å². The first-order valence-electron chi connectivity index (χ1n) is 7.29. The van der Waals surface area contributed by atoms with Crippen LogP contribution in [-0.4, -0.2) is 65.9 Å². The van der Waals surface area contributed by atoms with Crippen LogP contribution in [0.25, 0.3) is 0 Å². The summed E-state index contributed by atoms with van der Waals surface area (Å²) in [6, 6.07) is -1.10. The van der Waals surface area contributed by atoms with Crippen molar-refractivity contribution in [2.24, 2.45) is 5.16 Å². The lowest BCUT2D eigenvalue weighted by Gasteiger charge is -2.27. The maximum absolute atomic E-state index is 11.4. The second-order valence-corrected chi connectivity index (χ2v) is 5.22. The Morgan fingerprint density at radius 2 is 1.80 bits per heavy atom. The average Bonchev–Trinajstić information content (AvgIpc) is 2.79. The van der Waals surface area contributed by atoms with E-state index >= 15 is 0 Å². The van der Waals surface area contributed by atoms with Gasteiger partial charge in [0.25, 0.3) is 5.90 Å². The van der Waals surface area contributed by atoms with Crippen molar-refractivity contribution in [1.82, 2.24) is 5.32 Å². The number of oxime groups is 1. The highest BCUT2D eigenvalue weighted by atomic mass is 16.6. The molecule has 1 heterocycles. The van der Waals surface area contributed by atoms with E-state index in [1.165, 1.54) is 6.92 Å². The van der Waals surface area contributed by atoms with Crippen molar-refractivity contribution in [3.05, 3.63) is 0 Å². The number of esters is 3. The molecular formula is C14H20N2O9. The van der Waals surface area contributed by atoms with Crippen molar-refractivity contribution in [3.8, 4) is 0 Å². The van der Waals surface area contributed by atoms with E-state index in [2.05, 4.69) is 10.5 Å². The average molecular weight is 360 g/mol. The molecule has 0 unspecified atom stereocenters. The summed E-state index contributed by atoms with van der Waals surface area (Å²) in [5.41, 5.74) is 0. The number of carbonyl (C=O) groups excluding carboxylic acids is 4. The largest absolute Gasteiger partial charge is 0.466 e. The molecule has 1 rings (SSSR count). The summed E-state index contributed by atoms with van der Waals surface area (Å²) in [4.78, 5) is 45.1. The number of amides is 1. The third kappa shape index (κ3) is 5.94. The lowest BCUT2D eigenvalue weighted by atomic mass is 10.0. The first kappa shape index (κ1) is 20.2. The number of nitrogens with zero attached hydrogens (tertiary/aromatic N) is 1. The molecule has 1 aliphatic rings. The van der Waals surface area contributed by atoms with Crippen molar-refractivity contribution in [3.63, 3.8) is 0 Å². The fraction of sp³-hybridized carbons (Fsp3) is 0.643. The van der Waals surface area contributed by atoms with Crippen LogP contribution >= 0.6 is 0 Å². The summed E-state index contributed by atoms with van der Waals surface area (Å²) in [5.74, 6) is -2.88. The standard InChI is InChI=1S/C14H20N2O9/c1-6(17)15-11-13(24-9(4)20)12(25-14(11)16-21)10(23-8(3)19)5-22-7(2)18/h10-13,21H,5H2,1-4H3,(H,15,17)/b16-14+/t10-,11+,12+,13+/m0/s1. The van der Waals surface area contributed by atoms with Crippen molar-refractivity contribution >= 4 is 29.7 Å². The van der Waals surface area contributed by atoms with Gasteiger partial charge in [0.2, 0.25) is 5.91 Å². The van der Waals surface area contributed by atoms with E-state index in [0.29, 0.717) is 0 Å². The zero-order valence-corrected chi connectivity index (χ0v) is 14.2. The van der Waals surface area contributed by atoms with Gasteiger partial charge in [-0.3, -0.25) is 19.2 Å². The van der Waals surface area contributed by atoms with Crippen molar-refractivity contribution in [1.29, 1.82) is 0 Å². The van der Waals surface area contributed by atoms with Crippen molar-refractivity contribution < 1.29 is 43.3 Å². The first-order valence-corrected chi connectivity index (χ1v) is 7.29. The molecular weight excluding hydrogens is 340 g/mol. The molecule has 0 saturated carbocycles. The summed E-state index contributed by atoms with van der Waals surface area (Å²) < 4.78 is 20.4. The molecule has 25 heavy (non-hydrogen) atoms. The lowest BCUT2D eigenvalue weighted by Crippen LogP contribution is -2.51. The molecule has 11 nitrogen and oxygen atoms in total. The van der Waals surface area contributed by atoms with Crippen LogP contribution in [0.2, 0.25) is 0 Å². The molecule has 11 heteroatoms. The van der Waals surface area contributed by atoms with Gasteiger partial charge in [-0.15, -0.1) is 0 Å². The van der Waals surface area contributed by atoms with Gasteiger partial charge in [0.1, 0.15) is 12.6 Å². The third-order valence-electron chi connectivity index (χ3n) is 3.07. The minimum Gasteiger partial charge on any atom is -0.466 e. The molecule has 0 radical (unpaired) electrons. The number of rotatable bonds is 6. The van der Waals surface area contributed by atoms with Gasteiger partial charge in [-0.25, -0.2) is 0 Å². The highest BCUT2D eigenvalue weighted by Crippen LogP contribution is 2.25. The van der Waals surface area contributed by atoms with Crippen LogP contribution in [0.5, 0.6) is 0 Å². The fourth-order valence-corrected chi connectivity index (χ4v) is 2.28. The van der Waals surface area contributed by atoms with E-state index < -0.39 is 48.2 Å². The van der Waals surface area contributed by atoms with Gasteiger partial charge < -0.3 is 29.5 Å². The van der Waals surface area contributed by atoms with Gasteiger partial charge in [-0.1, -0.05) is 5.16 Å². The maximum Gasteiger partial charge on any atom is 0.303 e. The van der Waals surface area contributed by atoms with Crippen LogP contribution in [0, 0.1) is 0 Å². The zero-order chi connectivity index (χ0) is 19.1. The number of hydrogen-bond donors (Lipinski definition) is 2. The fourth-order valence-electron chi connectivity index (χ4n) is 2.28. The molecule has 2 N–H and O–H groups in total. The summed E-state index contributed by atoms with van der Waals surface area (Å²) in [6.45, 7) is 4.23. The molecule has 1 amide bonds. The molecule has 0 spiro atoms. The van der Waals surface area contributed by atoms with Crippen LogP contribution in [0.4, 0.5) is 0 Å². The number of ether oxygens (including phenoxy) is 4. The van der Waals surface area contributed by atoms with Crippen LogP contribution in [0.1, 0.15) is 27.7 Å². The van der Waals surface area contributed by atoms with Crippen molar-refractivity contribution in [2.75, 3.05) is 6.61 Å². The Balaban J connectivity index is 3.15. The monoisotopic (exact) mass is 360 g/mol. The van der Waals surface area contributed by atoms with Crippen molar-refractivity contribution in [2.45, 2.75) is 52.0 Å². The highest BCUT2D eigenvalue weighted by molar-refractivity contribution is 5.89. The third-order valence-corrected chi connectivity index (χ3v) is 3.07. The summed E-state index contributed by atoms with van der Waals surface area (Å²) in [5, 5.41) is 14.4. The minimum atomic E-state index is -1.17. The molecule has 1 fully saturated rings. The molecule has 0 aromatic heterocycles. The lowest BCUT2D eigenvalue weighted by molar-refractivity contribution is -0.171. The predicted octanol–water partition coefficient (Wildman–Crippen LogP) is -0.896. The molecule has 0 aromatic rings. The van der Waals surface area contributed by atoms with Gasteiger partial charge in [-0.2, -0.15) is 0 Å². The molecule has 1 aliphatic heterocycles. The Morgan fingerprint density at radius 3 is 2.24 bits per heavy atom. The molecule has 1 saturated heterocycles. The quantitative estimate of drug-likeness (QED) is 0.266. The van der Waals surface area contributed by atoms with Gasteiger partial charge in [0.05, 0.1) is 0 Å². The zero-order valence-electron chi connectivity index (χ0n) is 14.2. The van der Waals surface area contributed by atoms with E-state index in [1.54, 1.807) is 0 Å². The van der Waals surface area contributed by atoms with Gasteiger partial charge in [0.15, 0.2) is 18.3 Å². The number of hydrogen-bond acceptors (Lipinski definition) is 10. The smallest absolute Gasteiger partial charge is 0.303 e. The predicted molar refractivity (Wildman–Crippen MR) is 79.4 cm³/mol. The minimum absolute atomic E-state index is 0.341. The number of carbonyl (C=O) groups is 4. The van der Waals surface area contributed by atoms with Gasteiger partial charge >= 0.3 is 17.9 Å². The van der Waals surface area contributed by atoms with Crippen LogP contribution in [0.3, 0.4) is 0 Å². The van der Waals surface area contributed by atoms with E-state index in [0.717, 1.165) is 20.8 Å². The Bertz CT molecular complexity index is 575. The van der Waals surface area contributed by atoms with Gasteiger partial charge in [-0.05, 0) is 0 Å². The molecule has 0 aromatic carbocycles. The van der Waals surface area contributed by atoms with Gasteiger partial charge in [0, 0.05) is 27.7 Å². The van der Waals surface area contributed by atoms with Crippen LogP contribution < -0.4 is 5.32 Å². The second kappa shape index (κ2) is 8.85. The second-order valence-electron chi connectivity index (χ2n) is 5.22. The first-order chi connectivity index (χ1) is 11.6. The normalized spacial score (nSPS) is 24.8. The molecule has 140 valence electrons. The summed E-state index contributed by atoms with van der Waals surface area (Å²) in [7, 11) is 0. The topological polar surface area (TPSA) is 150 Å². The Kier molecular flexibility index (Phi) is 7.15. The molecule has 0 aliphatic carbocycles. The van der Waals surface area contributed by atoms with E-state index in [-0.39, 0.29) is 12.5 Å². The molecule has 4 atom stereocenters. The Hall–Kier alpha value is -2.85. The molecule has 0 bridgehead atoms. The van der Waals surface area contributed by atoms with Crippen LogP contribution in [0.15, 0.2) is 5.16 Å². The van der Waals surface area contributed by atoms with Crippen LogP contribution in [-0.2, 0) is 38.1 Å². The summed E-state index contributed by atoms with van der Waals surface area (Å²) in [6.07, 6.45) is -3.51. The SMILES string of the molecule is CC(=O)N[C@H]1/C(=N\O)O[C@H]([C@H](COC(C)=O)OC(C)=O)[C@@H]1OC(C)=O. The van der Waals surface area contributed by atoms with E-state index in [4.69, 9.17) is 24.2 Å². The summed E-state index contributed by atoms with van der Waals surface area (Å²) >= 11 is 0. The highest BCUT2D eigenvalue weighted by Gasteiger charge is 2.51. The Labute approximate surface area is 143 Å². The van der Waals surface area contributed by atoms with E-state index in [1.807, 2.05) is 0 Å². The maximum atomic E-state index is 11.4. The Morgan fingerprint density at radius 1 is 1.16 bits per heavy atom. The number of nitrogens with one attached hydrogen (secondary N) is 1.